The normalized spacial score (nSPS) is 14.8. The average molecular weight is 475 g/mol. The van der Waals surface area contributed by atoms with E-state index in [1.54, 1.807) is 12.1 Å². The van der Waals surface area contributed by atoms with E-state index in [2.05, 4.69) is 21.2 Å². The van der Waals surface area contributed by atoms with Gasteiger partial charge in [0.15, 0.2) is 11.5 Å². The lowest BCUT2D eigenvalue weighted by atomic mass is 10.1. The molecule has 3 amide bonds. The van der Waals surface area contributed by atoms with Crippen LogP contribution in [0.3, 0.4) is 0 Å². The number of aryl methyl sites for hydroxylation is 1. The third kappa shape index (κ3) is 4.80. The molecule has 156 valence electrons. The molecule has 0 atom stereocenters. The smallest absolute Gasteiger partial charge is 0.329 e. The Morgan fingerprint density at radius 3 is 2.67 bits per heavy atom. The van der Waals surface area contributed by atoms with Crippen molar-refractivity contribution in [2.75, 3.05) is 13.7 Å². The van der Waals surface area contributed by atoms with Crippen molar-refractivity contribution >= 4 is 39.9 Å². The van der Waals surface area contributed by atoms with Gasteiger partial charge >= 0.3 is 12.0 Å². The highest BCUT2D eigenvalue weighted by atomic mass is 79.9. The molecule has 0 radical (unpaired) electrons. The Morgan fingerprint density at radius 1 is 1.23 bits per heavy atom. The number of nitrogens with zero attached hydrogens (tertiary/aromatic N) is 1. The van der Waals surface area contributed by atoms with Crippen molar-refractivity contribution in [3.05, 3.63) is 63.3 Å². The second kappa shape index (κ2) is 9.00. The van der Waals surface area contributed by atoms with Gasteiger partial charge in [0.25, 0.3) is 5.91 Å². The zero-order chi connectivity index (χ0) is 21.8. The van der Waals surface area contributed by atoms with Gasteiger partial charge in [-0.2, -0.15) is 0 Å². The van der Waals surface area contributed by atoms with Gasteiger partial charge in [0.2, 0.25) is 0 Å². The van der Waals surface area contributed by atoms with Crippen LogP contribution < -0.4 is 14.8 Å². The number of urea groups is 1. The Kier molecular flexibility index (Phi) is 6.41. The van der Waals surface area contributed by atoms with Gasteiger partial charge < -0.3 is 19.9 Å². The van der Waals surface area contributed by atoms with Crippen LogP contribution in [0.2, 0.25) is 0 Å². The molecule has 1 heterocycles. The molecule has 0 unspecified atom stereocenters. The number of hydrogen-bond acceptors (Lipinski definition) is 5. The zero-order valence-corrected chi connectivity index (χ0v) is 17.9. The SMILES string of the molecule is COc1cc(/C=C2/NC(=O)N(CC(=O)O)C2=O)c(Br)cc1OCc1cccc(C)c1. The highest BCUT2D eigenvalue weighted by molar-refractivity contribution is 9.10. The van der Waals surface area contributed by atoms with Crippen LogP contribution in [0.1, 0.15) is 16.7 Å². The summed E-state index contributed by atoms with van der Waals surface area (Å²) in [7, 11) is 1.50. The van der Waals surface area contributed by atoms with Gasteiger partial charge in [0.1, 0.15) is 18.8 Å². The van der Waals surface area contributed by atoms with E-state index >= 15 is 0 Å². The summed E-state index contributed by atoms with van der Waals surface area (Å²) in [6.45, 7) is 1.64. The molecule has 0 aliphatic carbocycles. The second-order valence-electron chi connectivity index (χ2n) is 6.58. The Bertz CT molecular complexity index is 1050. The minimum absolute atomic E-state index is 0.0302. The summed E-state index contributed by atoms with van der Waals surface area (Å²) in [5.41, 5.74) is 2.66. The van der Waals surface area contributed by atoms with Gasteiger partial charge in [-0.1, -0.05) is 45.8 Å². The number of carbonyl (C=O) groups is 3. The molecule has 1 aliphatic heterocycles. The predicted octanol–water partition coefficient (Wildman–Crippen LogP) is 3.32. The number of carboxylic acids is 1. The molecule has 30 heavy (non-hydrogen) atoms. The number of carbonyl (C=O) groups excluding carboxylic acids is 2. The Balaban J connectivity index is 1.83. The van der Waals surface area contributed by atoms with Crippen LogP contribution in [0.4, 0.5) is 4.79 Å². The molecule has 0 aromatic heterocycles. The van der Waals surface area contributed by atoms with E-state index in [-0.39, 0.29) is 5.70 Å². The van der Waals surface area contributed by atoms with Crippen LogP contribution in [-0.4, -0.2) is 41.6 Å². The van der Waals surface area contributed by atoms with Gasteiger partial charge in [-0.15, -0.1) is 0 Å². The molecule has 0 spiro atoms. The maximum absolute atomic E-state index is 12.3. The van der Waals surface area contributed by atoms with E-state index < -0.39 is 24.5 Å². The maximum atomic E-state index is 12.3. The number of carboxylic acid groups (broad SMARTS) is 1. The molecule has 3 rings (SSSR count). The van der Waals surface area contributed by atoms with Gasteiger partial charge in [-0.3, -0.25) is 9.59 Å². The van der Waals surface area contributed by atoms with E-state index in [0.717, 1.165) is 11.1 Å². The molecule has 1 saturated heterocycles. The number of ether oxygens (including phenoxy) is 2. The fraction of sp³-hybridized carbons (Fsp3) is 0.190. The van der Waals surface area contributed by atoms with Crippen LogP contribution in [0.15, 0.2) is 46.6 Å². The molecule has 2 aromatic carbocycles. The number of amides is 3. The number of halogens is 1. The molecule has 9 heteroatoms. The zero-order valence-electron chi connectivity index (χ0n) is 16.3. The first kappa shape index (κ1) is 21.4. The number of methoxy groups -OCH3 is 1. The van der Waals surface area contributed by atoms with Crippen LogP contribution in [-0.2, 0) is 16.2 Å². The Morgan fingerprint density at radius 2 is 2.00 bits per heavy atom. The summed E-state index contributed by atoms with van der Waals surface area (Å²) in [4.78, 5) is 35.6. The summed E-state index contributed by atoms with van der Waals surface area (Å²) >= 11 is 3.43. The lowest BCUT2D eigenvalue weighted by molar-refractivity contribution is -0.140. The number of hydrogen-bond donors (Lipinski definition) is 2. The minimum Gasteiger partial charge on any atom is -0.493 e. The molecule has 0 saturated carbocycles. The van der Waals surface area contributed by atoms with Crippen molar-refractivity contribution in [3.8, 4) is 11.5 Å². The highest BCUT2D eigenvalue weighted by Gasteiger charge is 2.35. The first-order chi connectivity index (χ1) is 14.3. The fourth-order valence-electron chi connectivity index (χ4n) is 2.90. The number of nitrogens with one attached hydrogen (secondary N) is 1. The van der Waals surface area contributed by atoms with E-state index in [9.17, 15) is 14.4 Å². The van der Waals surface area contributed by atoms with Crippen molar-refractivity contribution in [2.45, 2.75) is 13.5 Å². The summed E-state index contributed by atoms with van der Waals surface area (Å²) in [6, 6.07) is 10.5. The maximum Gasteiger partial charge on any atom is 0.329 e. The van der Waals surface area contributed by atoms with E-state index in [0.29, 0.717) is 33.0 Å². The topological polar surface area (TPSA) is 105 Å². The lowest BCUT2D eigenvalue weighted by Gasteiger charge is -2.13. The first-order valence-electron chi connectivity index (χ1n) is 8.90. The summed E-state index contributed by atoms with van der Waals surface area (Å²) in [5, 5.41) is 11.2. The summed E-state index contributed by atoms with van der Waals surface area (Å²) in [5.74, 6) is -1.05. The standard InChI is InChI=1S/C21H19BrN2O6/c1-12-4-3-5-13(6-12)11-30-18-9-15(22)14(8-17(18)29-2)7-16-20(27)24(10-19(25)26)21(28)23-16/h3-9H,10-11H2,1-2H3,(H,23,28)(H,25,26)/b16-7+. The first-order valence-corrected chi connectivity index (χ1v) is 9.70. The molecule has 0 bridgehead atoms. The van der Waals surface area contributed by atoms with Crippen molar-refractivity contribution in [2.24, 2.45) is 0 Å². The van der Waals surface area contributed by atoms with Crippen LogP contribution >= 0.6 is 15.9 Å². The van der Waals surface area contributed by atoms with Crippen LogP contribution in [0.5, 0.6) is 11.5 Å². The van der Waals surface area contributed by atoms with Crippen LogP contribution in [0.25, 0.3) is 6.08 Å². The molecule has 2 N–H and O–H groups in total. The lowest BCUT2D eigenvalue weighted by Crippen LogP contribution is -2.35. The Labute approximate surface area is 181 Å². The van der Waals surface area contributed by atoms with Gasteiger partial charge in [-0.05, 0) is 36.3 Å². The molecule has 1 aliphatic rings. The summed E-state index contributed by atoms with van der Waals surface area (Å²) in [6.07, 6.45) is 1.44. The average Bonchev–Trinajstić information content (AvgIpc) is 2.95. The quantitative estimate of drug-likeness (QED) is 0.470. The predicted molar refractivity (Wildman–Crippen MR) is 112 cm³/mol. The van der Waals surface area contributed by atoms with E-state index in [1.165, 1.54) is 13.2 Å². The minimum atomic E-state index is -1.28. The van der Waals surface area contributed by atoms with Gasteiger partial charge in [-0.25, -0.2) is 9.69 Å². The van der Waals surface area contributed by atoms with Crippen molar-refractivity contribution < 1.29 is 29.0 Å². The van der Waals surface area contributed by atoms with Crippen molar-refractivity contribution in [1.29, 1.82) is 0 Å². The number of aliphatic carboxylic acids is 1. The molecule has 1 fully saturated rings. The molecule has 2 aromatic rings. The molecule has 8 nitrogen and oxygen atoms in total. The van der Waals surface area contributed by atoms with E-state index in [4.69, 9.17) is 14.6 Å². The third-order valence-corrected chi connectivity index (χ3v) is 5.00. The van der Waals surface area contributed by atoms with Crippen molar-refractivity contribution in [1.82, 2.24) is 10.2 Å². The Hall–Kier alpha value is -3.33. The molecular formula is C21H19BrN2O6. The van der Waals surface area contributed by atoms with Gasteiger partial charge in [0.05, 0.1) is 7.11 Å². The fourth-order valence-corrected chi connectivity index (χ4v) is 3.34. The largest absolute Gasteiger partial charge is 0.493 e. The third-order valence-electron chi connectivity index (χ3n) is 4.32. The van der Waals surface area contributed by atoms with E-state index in [1.807, 2.05) is 31.2 Å². The summed E-state index contributed by atoms with van der Waals surface area (Å²) < 4.78 is 11.9. The number of rotatable bonds is 7. The van der Waals surface area contributed by atoms with Crippen molar-refractivity contribution in [3.63, 3.8) is 0 Å². The van der Waals surface area contributed by atoms with Gasteiger partial charge in [0, 0.05) is 4.47 Å². The second-order valence-corrected chi connectivity index (χ2v) is 7.43. The monoisotopic (exact) mass is 474 g/mol. The molecular weight excluding hydrogens is 456 g/mol. The van der Waals surface area contributed by atoms with Crippen LogP contribution in [0, 0.1) is 6.92 Å². The number of benzene rings is 2. The number of imide groups is 1. The highest BCUT2D eigenvalue weighted by Crippen LogP contribution is 2.35.